The van der Waals surface area contributed by atoms with Crippen LogP contribution in [0.2, 0.25) is 0 Å². The predicted molar refractivity (Wildman–Crippen MR) is 84.5 cm³/mol. The van der Waals surface area contributed by atoms with Crippen LogP contribution in [0.4, 0.5) is 0 Å². The molecule has 1 aromatic rings. The van der Waals surface area contributed by atoms with E-state index in [-0.39, 0.29) is 23.0 Å². The summed E-state index contributed by atoms with van der Waals surface area (Å²) in [6.07, 6.45) is 6.66. The predicted octanol–water partition coefficient (Wildman–Crippen LogP) is 0.495. The lowest BCUT2D eigenvalue weighted by molar-refractivity contribution is -0.0296. The number of carbonyl (C=O) groups excluding carboxylic acids is 1. The number of aryl methyl sites for hydroxylation is 1. The molecule has 0 bridgehead atoms. The number of hydrogen-bond donors (Lipinski definition) is 1. The van der Waals surface area contributed by atoms with E-state index in [1.165, 1.54) is 17.8 Å². The highest BCUT2D eigenvalue weighted by Crippen LogP contribution is 2.46. The van der Waals surface area contributed by atoms with Crippen LogP contribution in [0, 0.1) is 5.41 Å². The summed E-state index contributed by atoms with van der Waals surface area (Å²) in [5, 5.41) is 0. The number of hydrogen-bond acceptors (Lipinski definition) is 4. The highest BCUT2D eigenvalue weighted by molar-refractivity contribution is 5.93. The van der Waals surface area contributed by atoms with Crippen molar-refractivity contribution in [3.8, 4) is 0 Å². The number of likely N-dealkylation sites (tertiary alicyclic amines) is 1. The van der Waals surface area contributed by atoms with Crippen molar-refractivity contribution in [1.82, 2.24) is 14.5 Å². The molecule has 1 saturated heterocycles. The normalized spacial score (nSPS) is 27.6. The van der Waals surface area contributed by atoms with Crippen molar-refractivity contribution in [1.29, 1.82) is 0 Å². The van der Waals surface area contributed by atoms with Gasteiger partial charge in [0.1, 0.15) is 5.56 Å². The topological polar surface area (TPSA) is 84.4 Å². The fraction of sp³-hybridized carbons (Fsp3) is 0.688. The second-order valence-electron chi connectivity index (χ2n) is 6.72. The van der Waals surface area contributed by atoms with E-state index in [0.29, 0.717) is 13.1 Å². The number of amides is 1. The third kappa shape index (κ3) is 2.73. The van der Waals surface area contributed by atoms with Gasteiger partial charge in [-0.3, -0.25) is 14.6 Å². The molecule has 0 radical (unpaired) electrons. The highest BCUT2D eigenvalue weighted by atomic mass is 16.5. The zero-order valence-corrected chi connectivity index (χ0v) is 13.6. The second-order valence-corrected chi connectivity index (χ2v) is 6.72. The Balaban J connectivity index is 1.87. The quantitative estimate of drug-likeness (QED) is 0.859. The largest absolute Gasteiger partial charge is 0.381 e. The van der Waals surface area contributed by atoms with Crippen molar-refractivity contribution in [3.63, 3.8) is 0 Å². The summed E-state index contributed by atoms with van der Waals surface area (Å²) in [5.41, 5.74) is -1.10. The van der Waals surface area contributed by atoms with E-state index >= 15 is 0 Å². The lowest BCUT2D eigenvalue weighted by atomic mass is 9.76. The molecule has 2 atom stereocenters. The fourth-order valence-corrected chi connectivity index (χ4v) is 4.16. The maximum atomic E-state index is 12.8. The molecule has 7 nitrogen and oxygen atoms in total. The molecule has 7 heteroatoms. The molecule has 0 aromatic carbocycles. The molecule has 23 heavy (non-hydrogen) atoms. The van der Waals surface area contributed by atoms with E-state index in [9.17, 15) is 14.4 Å². The summed E-state index contributed by atoms with van der Waals surface area (Å²) in [5.74, 6) is -0.303. The monoisotopic (exact) mass is 321 g/mol. The van der Waals surface area contributed by atoms with E-state index in [1.54, 1.807) is 12.0 Å². The molecule has 2 fully saturated rings. The van der Waals surface area contributed by atoms with Crippen LogP contribution >= 0.6 is 0 Å². The molecule has 126 valence electrons. The Morgan fingerprint density at radius 3 is 2.83 bits per heavy atom. The van der Waals surface area contributed by atoms with Crippen LogP contribution in [0.1, 0.15) is 42.5 Å². The van der Waals surface area contributed by atoms with E-state index in [0.717, 1.165) is 32.1 Å². The number of ether oxygens (including phenoxy) is 1. The number of nitrogens with zero attached hydrogens (tertiary/aromatic N) is 2. The molecule has 1 aromatic heterocycles. The summed E-state index contributed by atoms with van der Waals surface area (Å²) in [4.78, 5) is 40.1. The summed E-state index contributed by atoms with van der Waals surface area (Å²) >= 11 is 0. The average Bonchev–Trinajstić information content (AvgIpc) is 2.92. The van der Waals surface area contributed by atoms with Crippen LogP contribution < -0.4 is 11.2 Å². The van der Waals surface area contributed by atoms with Crippen LogP contribution in [-0.2, 0) is 11.8 Å². The van der Waals surface area contributed by atoms with Crippen LogP contribution in [0.3, 0.4) is 0 Å². The van der Waals surface area contributed by atoms with Crippen molar-refractivity contribution < 1.29 is 9.53 Å². The summed E-state index contributed by atoms with van der Waals surface area (Å²) in [6.45, 7) is 1.26. The van der Waals surface area contributed by atoms with Crippen molar-refractivity contribution >= 4 is 5.91 Å². The smallest absolute Gasteiger partial charge is 0.328 e. The standard InChI is InChI=1S/C16H23N3O4/c1-18-9-11(13(20)17-15(18)22)14(21)19-8-4-7-16(10-19)6-3-5-12(16)23-2/h9,12H,3-8,10H2,1-2H3,(H,17,20,22)/t12-,16+/m1/s1. The first kappa shape index (κ1) is 16.0. The summed E-state index contributed by atoms with van der Waals surface area (Å²) in [6, 6.07) is 0. The number of aromatic amines is 1. The van der Waals surface area contributed by atoms with Gasteiger partial charge in [0, 0.05) is 38.9 Å². The number of nitrogens with one attached hydrogen (secondary N) is 1. The first-order valence-electron chi connectivity index (χ1n) is 8.09. The number of piperidine rings is 1. The first-order valence-corrected chi connectivity index (χ1v) is 8.09. The lowest BCUT2D eigenvalue weighted by Crippen LogP contribution is -2.51. The molecule has 1 N–H and O–H groups in total. The number of carbonyl (C=O) groups is 1. The minimum Gasteiger partial charge on any atom is -0.381 e. The Hall–Kier alpha value is -1.89. The number of H-pyrrole nitrogens is 1. The maximum Gasteiger partial charge on any atom is 0.328 e. The molecule has 1 aliphatic heterocycles. The average molecular weight is 321 g/mol. The van der Waals surface area contributed by atoms with Gasteiger partial charge in [0.15, 0.2) is 0 Å². The van der Waals surface area contributed by atoms with Crippen molar-refractivity contribution in [2.24, 2.45) is 12.5 Å². The summed E-state index contributed by atoms with van der Waals surface area (Å²) in [7, 11) is 3.25. The maximum absolute atomic E-state index is 12.8. The SMILES string of the molecule is CO[C@@H]1CCC[C@@]12CCCN(C(=O)c1cn(C)c(=O)[nH]c1=O)C2. The minimum atomic E-state index is -0.618. The highest BCUT2D eigenvalue weighted by Gasteiger charge is 2.46. The molecule has 1 aliphatic carbocycles. The molecule has 2 aliphatic rings. The number of rotatable bonds is 2. The summed E-state index contributed by atoms with van der Waals surface area (Å²) < 4.78 is 6.87. The van der Waals surface area contributed by atoms with Gasteiger partial charge in [-0.15, -0.1) is 0 Å². The van der Waals surface area contributed by atoms with E-state index in [2.05, 4.69) is 4.98 Å². The Bertz CT molecular complexity index is 723. The van der Waals surface area contributed by atoms with Gasteiger partial charge in [-0.25, -0.2) is 4.79 Å². The van der Waals surface area contributed by atoms with Crippen LogP contribution in [0.15, 0.2) is 15.8 Å². The van der Waals surface area contributed by atoms with Gasteiger partial charge in [0.2, 0.25) is 0 Å². The first-order chi connectivity index (χ1) is 11.0. The van der Waals surface area contributed by atoms with Crippen LogP contribution in [0.25, 0.3) is 0 Å². The van der Waals surface area contributed by atoms with Gasteiger partial charge in [-0.05, 0) is 25.7 Å². The lowest BCUT2D eigenvalue weighted by Gasteiger charge is -2.43. The molecule has 1 spiro atoms. The zero-order valence-electron chi connectivity index (χ0n) is 13.6. The molecule has 0 unspecified atom stereocenters. The van der Waals surface area contributed by atoms with Gasteiger partial charge < -0.3 is 14.2 Å². The molecular formula is C16H23N3O4. The Kier molecular flexibility index (Phi) is 4.14. The van der Waals surface area contributed by atoms with Gasteiger partial charge in [-0.2, -0.15) is 0 Å². The van der Waals surface area contributed by atoms with Crippen molar-refractivity contribution in [3.05, 3.63) is 32.6 Å². The zero-order chi connectivity index (χ0) is 16.6. The second kappa shape index (κ2) is 5.96. The van der Waals surface area contributed by atoms with E-state index in [4.69, 9.17) is 4.74 Å². The number of methoxy groups -OCH3 is 1. The number of aromatic nitrogens is 2. The van der Waals surface area contributed by atoms with Gasteiger partial charge in [0.25, 0.3) is 11.5 Å². The molecule has 1 amide bonds. The Morgan fingerprint density at radius 1 is 1.35 bits per heavy atom. The van der Waals surface area contributed by atoms with Gasteiger partial charge >= 0.3 is 5.69 Å². The molecule has 2 heterocycles. The minimum absolute atomic E-state index is 0.0100. The molecule has 1 saturated carbocycles. The van der Waals surface area contributed by atoms with Crippen LogP contribution in [-0.4, -0.2) is 46.7 Å². The van der Waals surface area contributed by atoms with Crippen molar-refractivity contribution in [2.75, 3.05) is 20.2 Å². The molecular weight excluding hydrogens is 298 g/mol. The third-order valence-corrected chi connectivity index (χ3v) is 5.34. The van der Waals surface area contributed by atoms with Gasteiger partial charge in [0.05, 0.1) is 6.10 Å². The Labute approximate surface area is 134 Å². The van der Waals surface area contributed by atoms with Crippen LogP contribution in [0.5, 0.6) is 0 Å². The van der Waals surface area contributed by atoms with E-state index < -0.39 is 11.2 Å². The van der Waals surface area contributed by atoms with Gasteiger partial charge in [-0.1, -0.05) is 6.42 Å². The fourth-order valence-electron chi connectivity index (χ4n) is 4.16. The van der Waals surface area contributed by atoms with E-state index in [1.807, 2.05) is 0 Å². The Morgan fingerprint density at radius 2 is 2.09 bits per heavy atom. The molecule has 3 rings (SSSR count). The third-order valence-electron chi connectivity index (χ3n) is 5.34. The van der Waals surface area contributed by atoms with Crippen molar-refractivity contribution in [2.45, 2.75) is 38.2 Å².